The average Bonchev–Trinajstić information content (AvgIpc) is 3.07. The Kier molecular flexibility index (Phi) is 4.52. The summed E-state index contributed by atoms with van der Waals surface area (Å²) in [5.74, 6) is 0.639. The molecule has 3 heterocycles. The SMILES string of the molecule is Cc1occc1C(=O)NC1CCN(Cc2cc(C)n(C)n2)CC1. The van der Waals surface area contributed by atoms with Crippen molar-refractivity contribution in [2.75, 3.05) is 13.1 Å². The van der Waals surface area contributed by atoms with Crippen molar-refractivity contribution in [3.63, 3.8) is 0 Å². The number of piperidine rings is 1. The number of rotatable bonds is 4. The summed E-state index contributed by atoms with van der Waals surface area (Å²) in [4.78, 5) is 14.6. The minimum absolute atomic E-state index is 0.0324. The molecule has 2 aromatic rings. The van der Waals surface area contributed by atoms with Crippen molar-refractivity contribution in [1.82, 2.24) is 20.0 Å². The van der Waals surface area contributed by atoms with Crippen molar-refractivity contribution in [2.45, 2.75) is 39.3 Å². The van der Waals surface area contributed by atoms with Crippen molar-refractivity contribution < 1.29 is 9.21 Å². The fraction of sp³-hybridized carbons (Fsp3) is 0.529. The van der Waals surface area contributed by atoms with Gasteiger partial charge < -0.3 is 9.73 Å². The van der Waals surface area contributed by atoms with Gasteiger partial charge in [-0.1, -0.05) is 0 Å². The molecule has 2 aromatic heterocycles. The Bertz CT molecular complexity index is 661. The molecule has 1 fully saturated rings. The van der Waals surface area contributed by atoms with Crippen LogP contribution < -0.4 is 5.32 Å². The first-order chi connectivity index (χ1) is 11.0. The Morgan fingerprint density at radius 3 is 2.70 bits per heavy atom. The first-order valence-corrected chi connectivity index (χ1v) is 8.10. The number of furan rings is 1. The fourth-order valence-corrected chi connectivity index (χ4v) is 3.06. The number of carbonyl (C=O) groups is 1. The lowest BCUT2D eigenvalue weighted by molar-refractivity contribution is 0.0907. The minimum Gasteiger partial charge on any atom is -0.469 e. The van der Waals surface area contributed by atoms with Gasteiger partial charge in [-0.25, -0.2) is 0 Å². The molecule has 6 nitrogen and oxygen atoms in total. The Labute approximate surface area is 136 Å². The van der Waals surface area contributed by atoms with E-state index in [0.29, 0.717) is 11.3 Å². The van der Waals surface area contributed by atoms with Crippen LogP contribution in [0.5, 0.6) is 0 Å². The van der Waals surface area contributed by atoms with Crippen molar-refractivity contribution in [1.29, 1.82) is 0 Å². The van der Waals surface area contributed by atoms with Gasteiger partial charge in [-0.05, 0) is 38.8 Å². The van der Waals surface area contributed by atoms with Crippen LogP contribution in [0, 0.1) is 13.8 Å². The second-order valence-electron chi connectivity index (χ2n) is 6.32. The number of hydrogen-bond acceptors (Lipinski definition) is 4. The van der Waals surface area contributed by atoms with Crippen molar-refractivity contribution >= 4 is 5.91 Å². The summed E-state index contributed by atoms with van der Waals surface area (Å²) in [5, 5.41) is 7.62. The van der Waals surface area contributed by atoms with E-state index in [4.69, 9.17) is 4.42 Å². The first kappa shape index (κ1) is 15.8. The van der Waals surface area contributed by atoms with E-state index in [9.17, 15) is 4.79 Å². The van der Waals surface area contributed by atoms with Gasteiger partial charge in [0, 0.05) is 38.4 Å². The summed E-state index contributed by atoms with van der Waals surface area (Å²) in [6.07, 6.45) is 3.49. The molecule has 1 amide bonds. The lowest BCUT2D eigenvalue weighted by Crippen LogP contribution is -2.44. The summed E-state index contributed by atoms with van der Waals surface area (Å²) in [6, 6.07) is 4.09. The lowest BCUT2D eigenvalue weighted by Gasteiger charge is -2.31. The molecule has 1 aliphatic rings. The Hall–Kier alpha value is -2.08. The van der Waals surface area contributed by atoms with Crippen molar-refractivity contribution in [3.05, 3.63) is 41.1 Å². The molecule has 0 aromatic carbocycles. The van der Waals surface area contributed by atoms with Crippen molar-refractivity contribution in [2.24, 2.45) is 7.05 Å². The van der Waals surface area contributed by atoms with E-state index in [-0.39, 0.29) is 11.9 Å². The highest BCUT2D eigenvalue weighted by Crippen LogP contribution is 2.15. The molecule has 0 radical (unpaired) electrons. The van der Waals surface area contributed by atoms with Crippen LogP contribution in [0.15, 0.2) is 22.8 Å². The fourth-order valence-electron chi connectivity index (χ4n) is 3.06. The molecule has 0 spiro atoms. The summed E-state index contributed by atoms with van der Waals surface area (Å²) in [5.41, 5.74) is 2.93. The lowest BCUT2D eigenvalue weighted by atomic mass is 10.0. The highest BCUT2D eigenvalue weighted by Gasteiger charge is 2.22. The molecule has 1 saturated heterocycles. The van der Waals surface area contributed by atoms with Gasteiger partial charge in [0.2, 0.25) is 0 Å². The highest BCUT2D eigenvalue weighted by molar-refractivity contribution is 5.95. The number of carbonyl (C=O) groups excluding carboxylic acids is 1. The molecule has 0 atom stereocenters. The number of nitrogens with one attached hydrogen (secondary N) is 1. The molecule has 3 rings (SSSR count). The Balaban J connectivity index is 1.48. The van der Waals surface area contributed by atoms with Gasteiger partial charge in [0.1, 0.15) is 5.76 Å². The molecule has 23 heavy (non-hydrogen) atoms. The smallest absolute Gasteiger partial charge is 0.255 e. The molecule has 0 unspecified atom stereocenters. The van der Waals surface area contributed by atoms with Gasteiger partial charge in [-0.15, -0.1) is 0 Å². The maximum atomic E-state index is 12.2. The van der Waals surface area contributed by atoms with E-state index >= 15 is 0 Å². The summed E-state index contributed by atoms with van der Waals surface area (Å²) in [6.45, 7) is 6.71. The zero-order valence-electron chi connectivity index (χ0n) is 14.0. The molecule has 0 saturated carbocycles. The highest BCUT2D eigenvalue weighted by atomic mass is 16.3. The van der Waals surface area contributed by atoms with Gasteiger partial charge in [-0.2, -0.15) is 5.10 Å². The van der Waals surface area contributed by atoms with Crippen LogP contribution >= 0.6 is 0 Å². The van der Waals surface area contributed by atoms with Gasteiger partial charge in [0.15, 0.2) is 0 Å². The number of hydrogen-bond donors (Lipinski definition) is 1. The Morgan fingerprint density at radius 2 is 2.13 bits per heavy atom. The zero-order chi connectivity index (χ0) is 16.4. The van der Waals surface area contributed by atoms with E-state index in [0.717, 1.165) is 38.2 Å². The van der Waals surface area contributed by atoms with Crippen LogP contribution in [-0.4, -0.2) is 39.7 Å². The van der Waals surface area contributed by atoms with Crippen LogP contribution in [0.1, 0.15) is 40.3 Å². The summed E-state index contributed by atoms with van der Waals surface area (Å²) in [7, 11) is 1.97. The van der Waals surface area contributed by atoms with Crippen LogP contribution in [0.3, 0.4) is 0 Å². The maximum absolute atomic E-state index is 12.2. The van der Waals surface area contributed by atoms with Gasteiger partial charge in [0.25, 0.3) is 5.91 Å². The van der Waals surface area contributed by atoms with Crippen LogP contribution in [0.25, 0.3) is 0 Å². The van der Waals surface area contributed by atoms with E-state index in [1.807, 2.05) is 18.7 Å². The second kappa shape index (κ2) is 6.58. The van der Waals surface area contributed by atoms with Crippen molar-refractivity contribution in [3.8, 4) is 0 Å². The van der Waals surface area contributed by atoms with Gasteiger partial charge >= 0.3 is 0 Å². The van der Waals surface area contributed by atoms with Gasteiger partial charge in [0.05, 0.1) is 17.5 Å². The van der Waals surface area contributed by atoms with E-state index in [1.165, 1.54) is 5.69 Å². The van der Waals surface area contributed by atoms with E-state index in [1.54, 1.807) is 12.3 Å². The van der Waals surface area contributed by atoms with E-state index in [2.05, 4.69) is 28.3 Å². The molecule has 0 bridgehead atoms. The third-order valence-electron chi connectivity index (χ3n) is 4.58. The second-order valence-corrected chi connectivity index (χ2v) is 6.32. The predicted octanol–water partition coefficient (Wildman–Crippen LogP) is 2.02. The molecule has 124 valence electrons. The molecular weight excluding hydrogens is 292 g/mol. The minimum atomic E-state index is -0.0324. The molecule has 0 aliphatic carbocycles. The number of aryl methyl sites for hydroxylation is 3. The topological polar surface area (TPSA) is 63.3 Å². The van der Waals surface area contributed by atoms with Crippen LogP contribution in [0.4, 0.5) is 0 Å². The summed E-state index contributed by atoms with van der Waals surface area (Å²) >= 11 is 0. The molecular formula is C17H24N4O2. The number of amides is 1. The molecule has 6 heteroatoms. The number of likely N-dealkylation sites (tertiary alicyclic amines) is 1. The zero-order valence-corrected chi connectivity index (χ0v) is 14.0. The third-order valence-corrected chi connectivity index (χ3v) is 4.58. The van der Waals surface area contributed by atoms with E-state index < -0.39 is 0 Å². The predicted molar refractivity (Wildman–Crippen MR) is 87.2 cm³/mol. The number of aromatic nitrogens is 2. The largest absolute Gasteiger partial charge is 0.469 e. The molecule has 1 N–H and O–H groups in total. The normalized spacial score (nSPS) is 16.7. The van der Waals surface area contributed by atoms with Gasteiger partial charge in [-0.3, -0.25) is 14.4 Å². The third kappa shape index (κ3) is 3.64. The average molecular weight is 316 g/mol. The maximum Gasteiger partial charge on any atom is 0.255 e. The quantitative estimate of drug-likeness (QED) is 0.937. The Morgan fingerprint density at radius 1 is 1.39 bits per heavy atom. The molecule has 1 aliphatic heterocycles. The summed E-state index contributed by atoms with van der Waals surface area (Å²) < 4.78 is 7.10. The first-order valence-electron chi connectivity index (χ1n) is 8.10. The number of nitrogens with zero attached hydrogens (tertiary/aromatic N) is 3. The van der Waals surface area contributed by atoms with Crippen LogP contribution in [0.2, 0.25) is 0 Å². The monoisotopic (exact) mass is 316 g/mol. The van der Waals surface area contributed by atoms with Crippen LogP contribution in [-0.2, 0) is 13.6 Å². The standard InChI is InChI=1S/C17H24N4O2/c1-12-10-15(19-20(12)3)11-21-7-4-14(5-8-21)18-17(22)16-6-9-23-13(16)2/h6,9-10,14H,4-5,7-8,11H2,1-3H3,(H,18,22).